The summed E-state index contributed by atoms with van der Waals surface area (Å²) in [4.78, 5) is 0. The third-order valence-electron chi connectivity index (χ3n) is 3.17. The van der Waals surface area contributed by atoms with Crippen LogP contribution in [0.4, 0.5) is 0 Å². The van der Waals surface area contributed by atoms with Crippen LogP contribution in [0.2, 0.25) is 0 Å². The van der Waals surface area contributed by atoms with Gasteiger partial charge in [0.15, 0.2) is 0 Å². The Kier molecular flexibility index (Phi) is 1.29. The molecule has 0 radical (unpaired) electrons. The highest BCUT2D eigenvalue weighted by atomic mass is 15.2. The van der Waals surface area contributed by atoms with E-state index >= 15 is 0 Å². The summed E-state index contributed by atoms with van der Waals surface area (Å²) in [6.07, 6.45) is 2.69. The fraction of sp³-hybridized carbons (Fsp3) is 1.00. The smallest absolute Gasteiger partial charge is 0.0307 e. The molecule has 2 nitrogen and oxygen atoms in total. The molecule has 3 atom stereocenters. The van der Waals surface area contributed by atoms with Crippen molar-refractivity contribution in [3.8, 4) is 0 Å². The van der Waals surface area contributed by atoms with Crippen LogP contribution in [0.1, 0.15) is 26.7 Å². The minimum Gasteiger partial charge on any atom is -0.311 e. The van der Waals surface area contributed by atoms with Gasteiger partial charge in [0.1, 0.15) is 0 Å². The van der Waals surface area contributed by atoms with Gasteiger partial charge in [-0.3, -0.25) is 0 Å². The van der Waals surface area contributed by atoms with E-state index in [1.807, 2.05) is 0 Å². The summed E-state index contributed by atoms with van der Waals surface area (Å²) in [6, 6.07) is 1.40. The second-order valence-electron chi connectivity index (χ2n) is 3.93. The zero-order valence-electron chi connectivity index (χ0n) is 6.78. The fourth-order valence-corrected chi connectivity index (χ4v) is 2.12. The van der Waals surface area contributed by atoms with Gasteiger partial charge in [-0.15, -0.1) is 0 Å². The van der Waals surface area contributed by atoms with Crippen molar-refractivity contribution in [2.24, 2.45) is 0 Å². The highest BCUT2D eigenvalue weighted by Gasteiger charge is 2.41. The van der Waals surface area contributed by atoms with Gasteiger partial charge < -0.3 is 10.6 Å². The second-order valence-corrected chi connectivity index (χ2v) is 3.93. The van der Waals surface area contributed by atoms with Crippen molar-refractivity contribution in [1.29, 1.82) is 0 Å². The van der Waals surface area contributed by atoms with Crippen molar-refractivity contribution >= 4 is 0 Å². The van der Waals surface area contributed by atoms with E-state index in [9.17, 15) is 0 Å². The molecular weight excluding hydrogens is 124 g/mol. The fourth-order valence-electron chi connectivity index (χ4n) is 2.12. The lowest BCUT2D eigenvalue weighted by molar-refractivity contribution is 0.248. The number of fused-ring (bicyclic) bond motifs is 2. The van der Waals surface area contributed by atoms with Crippen LogP contribution in [0.3, 0.4) is 0 Å². The molecule has 2 saturated heterocycles. The molecule has 58 valence electrons. The Balaban J connectivity index is 2.17. The van der Waals surface area contributed by atoms with Crippen molar-refractivity contribution in [2.45, 2.75) is 44.3 Å². The van der Waals surface area contributed by atoms with Crippen LogP contribution in [0.15, 0.2) is 0 Å². The Morgan fingerprint density at radius 1 is 1.50 bits per heavy atom. The minimum absolute atomic E-state index is 0.392. The maximum absolute atomic E-state index is 3.65. The Morgan fingerprint density at radius 3 is 3.00 bits per heavy atom. The molecule has 2 N–H and O–H groups in total. The molecule has 0 aliphatic carbocycles. The lowest BCUT2D eigenvalue weighted by Crippen LogP contribution is -2.61. The Morgan fingerprint density at radius 2 is 2.30 bits per heavy atom. The maximum Gasteiger partial charge on any atom is 0.0307 e. The molecule has 0 amide bonds. The van der Waals surface area contributed by atoms with Gasteiger partial charge in [0.2, 0.25) is 0 Å². The molecule has 2 heteroatoms. The number of rotatable bonds is 0. The standard InChI is InChI=1S/C8H16N2/c1-6-8(2)4-3-7(10-8)5-9-6/h6-7,9-10H,3-5H2,1-2H3. The van der Waals surface area contributed by atoms with E-state index in [-0.39, 0.29) is 0 Å². The topological polar surface area (TPSA) is 24.1 Å². The summed E-state index contributed by atoms with van der Waals surface area (Å²) in [7, 11) is 0. The van der Waals surface area contributed by atoms with E-state index < -0.39 is 0 Å². The van der Waals surface area contributed by atoms with E-state index in [1.165, 1.54) is 12.8 Å². The van der Waals surface area contributed by atoms with Gasteiger partial charge >= 0.3 is 0 Å². The van der Waals surface area contributed by atoms with E-state index in [0.717, 1.165) is 12.6 Å². The first-order chi connectivity index (χ1) is 4.71. The summed E-state index contributed by atoms with van der Waals surface area (Å²) in [6.45, 7) is 5.76. The second kappa shape index (κ2) is 1.95. The summed E-state index contributed by atoms with van der Waals surface area (Å²) in [5, 5.41) is 7.18. The van der Waals surface area contributed by atoms with Crippen LogP contribution in [0, 0.1) is 0 Å². The first-order valence-corrected chi connectivity index (χ1v) is 4.22. The van der Waals surface area contributed by atoms with Gasteiger partial charge in [0.05, 0.1) is 0 Å². The molecule has 3 unspecified atom stereocenters. The minimum atomic E-state index is 0.392. The average molecular weight is 140 g/mol. The molecule has 0 aromatic carbocycles. The summed E-state index contributed by atoms with van der Waals surface area (Å²) < 4.78 is 0. The van der Waals surface area contributed by atoms with Crippen LogP contribution in [0.25, 0.3) is 0 Å². The van der Waals surface area contributed by atoms with Gasteiger partial charge in [0.25, 0.3) is 0 Å². The van der Waals surface area contributed by atoms with Crippen LogP contribution in [0.5, 0.6) is 0 Å². The van der Waals surface area contributed by atoms with Crippen molar-refractivity contribution < 1.29 is 0 Å². The third-order valence-corrected chi connectivity index (χ3v) is 3.17. The lowest BCUT2D eigenvalue weighted by atomic mass is 9.92. The van der Waals surface area contributed by atoms with E-state index in [2.05, 4.69) is 24.5 Å². The van der Waals surface area contributed by atoms with Gasteiger partial charge in [0, 0.05) is 24.2 Å². The number of hydrogen-bond acceptors (Lipinski definition) is 2. The molecular formula is C8H16N2. The highest BCUT2D eigenvalue weighted by Crippen LogP contribution is 2.29. The SMILES string of the molecule is CC1NCC2CCC1(C)N2. The molecule has 10 heavy (non-hydrogen) atoms. The zero-order valence-corrected chi connectivity index (χ0v) is 6.78. The molecule has 2 bridgehead atoms. The zero-order chi connectivity index (χ0) is 7.19. The Labute approximate surface area is 62.4 Å². The number of nitrogens with one attached hydrogen (secondary N) is 2. The highest BCUT2D eigenvalue weighted by molar-refractivity contribution is 5.05. The van der Waals surface area contributed by atoms with E-state index in [0.29, 0.717) is 11.6 Å². The molecule has 2 fully saturated rings. The van der Waals surface area contributed by atoms with Gasteiger partial charge in [-0.1, -0.05) is 0 Å². The van der Waals surface area contributed by atoms with Crippen LogP contribution >= 0.6 is 0 Å². The van der Waals surface area contributed by atoms with Crippen LogP contribution in [-0.2, 0) is 0 Å². The Hall–Kier alpha value is -0.0800. The predicted octanol–water partition coefficient (Wildman–Crippen LogP) is 0.489. The van der Waals surface area contributed by atoms with Gasteiger partial charge in [-0.25, -0.2) is 0 Å². The lowest BCUT2D eigenvalue weighted by Gasteiger charge is -2.38. The van der Waals surface area contributed by atoms with Crippen molar-refractivity contribution in [1.82, 2.24) is 10.6 Å². The predicted molar refractivity (Wildman–Crippen MR) is 42.0 cm³/mol. The largest absolute Gasteiger partial charge is 0.311 e. The van der Waals surface area contributed by atoms with Crippen LogP contribution < -0.4 is 10.6 Å². The summed E-state index contributed by atoms with van der Waals surface area (Å²) in [5.41, 5.74) is 0.392. The molecule has 0 aromatic heterocycles. The number of hydrogen-bond donors (Lipinski definition) is 2. The summed E-state index contributed by atoms with van der Waals surface area (Å²) in [5.74, 6) is 0. The molecule has 2 aliphatic rings. The molecule has 0 saturated carbocycles. The normalized spacial score (nSPS) is 53.4. The van der Waals surface area contributed by atoms with E-state index in [4.69, 9.17) is 0 Å². The maximum atomic E-state index is 3.65. The quantitative estimate of drug-likeness (QED) is 0.511. The van der Waals surface area contributed by atoms with Gasteiger partial charge in [-0.05, 0) is 26.7 Å². The first kappa shape index (κ1) is 6.62. The van der Waals surface area contributed by atoms with E-state index in [1.54, 1.807) is 0 Å². The number of piperazine rings is 1. The molecule has 0 aromatic rings. The average Bonchev–Trinajstić information content (AvgIpc) is 2.22. The van der Waals surface area contributed by atoms with Crippen molar-refractivity contribution in [3.63, 3.8) is 0 Å². The van der Waals surface area contributed by atoms with Gasteiger partial charge in [-0.2, -0.15) is 0 Å². The monoisotopic (exact) mass is 140 g/mol. The van der Waals surface area contributed by atoms with Crippen molar-refractivity contribution in [3.05, 3.63) is 0 Å². The van der Waals surface area contributed by atoms with Crippen LogP contribution in [-0.4, -0.2) is 24.2 Å². The molecule has 2 rings (SSSR count). The molecule has 2 heterocycles. The first-order valence-electron chi connectivity index (χ1n) is 4.22. The third kappa shape index (κ3) is 0.789. The summed E-state index contributed by atoms with van der Waals surface area (Å²) >= 11 is 0. The Bertz CT molecular complexity index is 144. The van der Waals surface area contributed by atoms with Crippen molar-refractivity contribution in [2.75, 3.05) is 6.54 Å². The molecule has 0 spiro atoms. The molecule has 2 aliphatic heterocycles.